The fraction of sp³-hybridized carbons (Fsp3) is 0.273. The summed E-state index contributed by atoms with van der Waals surface area (Å²) in [7, 11) is 1.43. The van der Waals surface area contributed by atoms with Gasteiger partial charge < -0.3 is 25.0 Å². The first-order valence-electron chi connectivity index (χ1n) is 9.59. The van der Waals surface area contributed by atoms with E-state index in [9.17, 15) is 19.2 Å². The minimum Gasteiger partial charge on any atom is -0.459 e. The Morgan fingerprint density at radius 1 is 0.774 bits per heavy atom. The number of carbonyl (C=O) groups excluding carboxylic acids is 4. The number of nitrogens with zero attached hydrogens (tertiary/aromatic N) is 1. The molecular formula is C22H25N3O6. The van der Waals surface area contributed by atoms with Crippen molar-refractivity contribution >= 4 is 23.9 Å². The highest BCUT2D eigenvalue weighted by molar-refractivity contribution is 5.88. The number of likely N-dealkylation sites (N-methyl/N-ethyl adjacent to an activating group) is 1. The Labute approximate surface area is 180 Å². The van der Waals surface area contributed by atoms with E-state index in [1.165, 1.54) is 7.05 Å². The van der Waals surface area contributed by atoms with Gasteiger partial charge in [-0.1, -0.05) is 60.7 Å². The fourth-order valence-corrected chi connectivity index (χ4v) is 2.36. The molecule has 0 aliphatic rings. The second-order valence-electron chi connectivity index (χ2n) is 6.59. The monoisotopic (exact) mass is 427 g/mol. The van der Waals surface area contributed by atoms with Gasteiger partial charge in [0.2, 0.25) is 11.8 Å². The lowest BCUT2D eigenvalue weighted by molar-refractivity contribution is -0.149. The number of rotatable bonds is 10. The first kappa shape index (κ1) is 23.4. The molecule has 0 spiro atoms. The van der Waals surface area contributed by atoms with Crippen LogP contribution in [0.15, 0.2) is 60.7 Å². The van der Waals surface area contributed by atoms with Gasteiger partial charge >= 0.3 is 12.1 Å². The molecule has 2 N–H and O–H groups in total. The van der Waals surface area contributed by atoms with E-state index >= 15 is 0 Å². The van der Waals surface area contributed by atoms with Gasteiger partial charge in [-0.15, -0.1) is 0 Å². The van der Waals surface area contributed by atoms with Crippen LogP contribution in [0, 0.1) is 0 Å². The van der Waals surface area contributed by atoms with Gasteiger partial charge in [0.05, 0.1) is 6.54 Å². The number of carbonyl (C=O) groups is 4. The highest BCUT2D eigenvalue weighted by Crippen LogP contribution is 2.01. The van der Waals surface area contributed by atoms with Gasteiger partial charge in [-0.2, -0.15) is 0 Å². The lowest BCUT2D eigenvalue weighted by Crippen LogP contribution is -2.43. The molecule has 0 fully saturated rings. The molecule has 0 saturated heterocycles. The van der Waals surface area contributed by atoms with Crippen molar-refractivity contribution < 1.29 is 28.7 Å². The van der Waals surface area contributed by atoms with Gasteiger partial charge in [-0.3, -0.25) is 14.4 Å². The molecule has 2 rings (SSSR count). The number of alkyl carbamates (subject to hydrolysis) is 1. The van der Waals surface area contributed by atoms with Crippen molar-refractivity contribution in [2.45, 2.75) is 13.2 Å². The Balaban J connectivity index is 1.59. The SMILES string of the molecule is CN(CC(=O)OCc1ccccc1)C(=O)CNC(=O)CNC(=O)OCc1ccccc1. The molecule has 164 valence electrons. The lowest BCUT2D eigenvalue weighted by Gasteiger charge is -2.16. The van der Waals surface area contributed by atoms with Crippen LogP contribution in [0.1, 0.15) is 11.1 Å². The van der Waals surface area contributed by atoms with E-state index in [0.717, 1.165) is 16.0 Å². The van der Waals surface area contributed by atoms with Crippen LogP contribution in [-0.2, 0) is 37.1 Å². The third kappa shape index (κ3) is 9.44. The molecule has 0 saturated carbocycles. The molecule has 0 radical (unpaired) electrons. The minimum absolute atomic E-state index is 0.0813. The zero-order valence-electron chi connectivity index (χ0n) is 17.2. The maximum absolute atomic E-state index is 12.0. The number of amides is 3. The Morgan fingerprint density at radius 3 is 1.90 bits per heavy atom. The standard InChI is InChI=1S/C22H25N3O6/c1-25(14-21(28)30-15-17-8-4-2-5-9-17)20(27)13-23-19(26)12-24-22(29)31-16-18-10-6-3-7-11-18/h2-11H,12-16H2,1H3,(H,23,26)(H,24,29). The normalized spacial score (nSPS) is 9.97. The van der Waals surface area contributed by atoms with Crippen molar-refractivity contribution in [3.8, 4) is 0 Å². The van der Waals surface area contributed by atoms with E-state index in [2.05, 4.69) is 10.6 Å². The summed E-state index contributed by atoms with van der Waals surface area (Å²) in [5, 5.41) is 4.67. The van der Waals surface area contributed by atoms with Crippen LogP contribution in [0.3, 0.4) is 0 Å². The first-order chi connectivity index (χ1) is 14.9. The maximum atomic E-state index is 12.0. The van der Waals surface area contributed by atoms with E-state index in [4.69, 9.17) is 9.47 Å². The Morgan fingerprint density at radius 2 is 1.32 bits per heavy atom. The molecule has 0 aliphatic carbocycles. The summed E-state index contributed by atoms with van der Waals surface area (Å²) < 4.78 is 10.1. The predicted molar refractivity (Wildman–Crippen MR) is 112 cm³/mol. The van der Waals surface area contributed by atoms with E-state index in [0.29, 0.717) is 0 Å². The van der Waals surface area contributed by atoms with Crippen LogP contribution < -0.4 is 10.6 Å². The molecule has 31 heavy (non-hydrogen) atoms. The average Bonchev–Trinajstić information content (AvgIpc) is 2.79. The molecule has 2 aromatic rings. The predicted octanol–water partition coefficient (Wildman–Crippen LogP) is 1.23. The minimum atomic E-state index is -0.747. The summed E-state index contributed by atoms with van der Waals surface area (Å²) in [6.45, 7) is -0.709. The van der Waals surface area contributed by atoms with Crippen LogP contribution >= 0.6 is 0 Å². The Hall–Kier alpha value is -3.88. The van der Waals surface area contributed by atoms with E-state index in [1.807, 2.05) is 48.5 Å². The molecule has 9 heteroatoms. The lowest BCUT2D eigenvalue weighted by atomic mass is 10.2. The van der Waals surface area contributed by atoms with E-state index in [1.54, 1.807) is 12.1 Å². The molecule has 0 bridgehead atoms. The average molecular weight is 427 g/mol. The number of hydrogen-bond donors (Lipinski definition) is 2. The van der Waals surface area contributed by atoms with Gasteiger partial charge in [0.1, 0.15) is 26.3 Å². The number of esters is 1. The van der Waals surface area contributed by atoms with Crippen molar-refractivity contribution in [1.82, 2.24) is 15.5 Å². The number of ether oxygens (including phenoxy) is 2. The Bertz CT molecular complexity index is 873. The van der Waals surface area contributed by atoms with Gasteiger partial charge in [0.25, 0.3) is 0 Å². The Kier molecular flexibility index (Phi) is 9.54. The molecule has 0 atom stereocenters. The molecular weight excluding hydrogens is 402 g/mol. The smallest absolute Gasteiger partial charge is 0.407 e. The third-order valence-electron chi connectivity index (χ3n) is 4.08. The molecule has 0 aliphatic heterocycles. The zero-order valence-corrected chi connectivity index (χ0v) is 17.2. The van der Waals surface area contributed by atoms with Gasteiger partial charge in [-0.05, 0) is 11.1 Å². The van der Waals surface area contributed by atoms with Crippen molar-refractivity contribution in [3.05, 3.63) is 71.8 Å². The van der Waals surface area contributed by atoms with Crippen LogP contribution in [0.25, 0.3) is 0 Å². The summed E-state index contributed by atoms with van der Waals surface area (Å²) >= 11 is 0. The summed E-state index contributed by atoms with van der Waals surface area (Å²) in [6.07, 6.45) is -0.747. The fourth-order valence-electron chi connectivity index (χ4n) is 2.36. The number of benzene rings is 2. The van der Waals surface area contributed by atoms with Gasteiger partial charge in [-0.25, -0.2) is 4.79 Å². The van der Waals surface area contributed by atoms with Crippen LogP contribution in [-0.4, -0.2) is 55.5 Å². The van der Waals surface area contributed by atoms with Crippen molar-refractivity contribution in [1.29, 1.82) is 0 Å². The van der Waals surface area contributed by atoms with Crippen molar-refractivity contribution in [2.75, 3.05) is 26.7 Å². The van der Waals surface area contributed by atoms with Gasteiger partial charge in [0.15, 0.2) is 0 Å². The van der Waals surface area contributed by atoms with E-state index in [-0.39, 0.29) is 32.8 Å². The number of nitrogens with one attached hydrogen (secondary N) is 2. The zero-order chi connectivity index (χ0) is 22.5. The van der Waals surface area contributed by atoms with Crippen molar-refractivity contribution in [2.24, 2.45) is 0 Å². The third-order valence-corrected chi connectivity index (χ3v) is 4.08. The second-order valence-corrected chi connectivity index (χ2v) is 6.59. The van der Waals surface area contributed by atoms with Gasteiger partial charge in [0, 0.05) is 7.05 Å². The molecule has 0 heterocycles. The summed E-state index contributed by atoms with van der Waals surface area (Å²) in [5.74, 6) is -1.60. The summed E-state index contributed by atoms with van der Waals surface area (Å²) in [4.78, 5) is 48.4. The topological polar surface area (TPSA) is 114 Å². The summed E-state index contributed by atoms with van der Waals surface area (Å²) in [6, 6.07) is 18.3. The quantitative estimate of drug-likeness (QED) is 0.552. The molecule has 0 unspecified atom stereocenters. The second kappa shape index (κ2) is 12.6. The van der Waals surface area contributed by atoms with Crippen molar-refractivity contribution in [3.63, 3.8) is 0 Å². The highest BCUT2D eigenvalue weighted by Gasteiger charge is 2.15. The number of hydrogen-bond acceptors (Lipinski definition) is 6. The molecule has 9 nitrogen and oxygen atoms in total. The van der Waals surface area contributed by atoms with Crippen LogP contribution in [0.4, 0.5) is 4.79 Å². The van der Waals surface area contributed by atoms with Crippen LogP contribution in [0.5, 0.6) is 0 Å². The van der Waals surface area contributed by atoms with Crippen LogP contribution in [0.2, 0.25) is 0 Å². The highest BCUT2D eigenvalue weighted by atomic mass is 16.5. The maximum Gasteiger partial charge on any atom is 0.407 e. The van der Waals surface area contributed by atoms with E-state index < -0.39 is 23.9 Å². The molecule has 2 aromatic carbocycles. The molecule has 3 amide bonds. The first-order valence-corrected chi connectivity index (χ1v) is 9.59. The molecule has 0 aromatic heterocycles. The summed E-state index contributed by atoms with van der Waals surface area (Å²) in [5.41, 5.74) is 1.66. The largest absolute Gasteiger partial charge is 0.459 e.